The molecule has 0 unspecified atom stereocenters. The van der Waals surface area contributed by atoms with Gasteiger partial charge in [-0.15, -0.1) is 0 Å². The number of halogens is 2. The van der Waals surface area contributed by atoms with Crippen molar-refractivity contribution >= 4 is 40.3 Å². The lowest BCUT2D eigenvalue weighted by Crippen LogP contribution is -2.33. The highest BCUT2D eigenvalue weighted by Gasteiger charge is 2.30. The summed E-state index contributed by atoms with van der Waals surface area (Å²) in [6.07, 6.45) is 9.51. The summed E-state index contributed by atoms with van der Waals surface area (Å²) in [5.41, 5.74) is 8.84. The molecule has 5 N–H and O–H groups in total. The van der Waals surface area contributed by atoms with Gasteiger partial charge in [0.1, 0.15) is 34.7 Å². The Kier molecular flexibility index (Phi) is 9.85. The Morgan fingerprint density at radius 2 is 1.38 bits per heavy atom. The molecule has 0 bridgehead atoms. The summed E-state index contributed by atoms with van der Waals surface area (Å²) in [6, 6.07) is 18.5. The van der Waals surface area contributed by atoms with Crippen LogP contribution >= 0.6 is 0 Å². The van der Waals surface area contributed by atoms with Gasteiger partial charge in [0, 0.05) is 68.8 Å². The molecule has 0 atom stereocenters. The third kappa shape index (κ3) is 7.83. The van der Waals surface area contributed by atoms with Crippen LogP contribution in [-0.4, -0.2) is 41.7 Å². The molecule has 5 aromatic heterocycles. The Bertz CT molecular complexity index is 2610. The first kappa shape index (κ1) is 37.4. The second kappa shape index (κ2) is 14.7. The smallest absolute Gasteiger partial charge is 0.231 e. The van der Waals surface area contributed by atoms with E-state index in [9.17, 15) is 9.59 Å². The lowest BCUT2D eigenvalue weighted by Gasteiger charge is -2.25. The summed E-state index contributed by atoms with van der Waals surface area (Å²) in [5.74, 6) is -0.870. The number of H-pyrrole nitrogens is 1. The van der Waals surface area contributed by atoms with Crippen LogP contribution in [-0.2, 0) is 16.0 Å². The zero-order valence-corrected chi connectivity index (χ0v) is 31.4. The molecule has 0 spiro atoms. The summed E-state index contributed by atoms with van der Waals surface area (Å²) < 4.78 is 31.2. The molecule has 0 fully saturated rings. The van der Waals surface area contributed by atoms with Crippen LogP contribution in [0.5, 0.6) is 0 Å². The maximum Gasteiger partial charge on any atom is 0.231 e. The Labute approximate surface area is 321 Å². The van der Waals surface area contributed by atoms with E-state index in [4.69, 9.17) is 5.73 Å². The minimum atomic E-state index is -1.01. The molecule has 0 aliphatic carbocycles. The number of hydrogen-bond acceptors (Lipinski definition) is 8. The van der Waals surface area contributed by atoms with Crippen molar-refractivity contribution in [3.8, 4) is 44.6 Å². The Morgan fingerprint density at radius 3 is 2.07 bits per heavy atom. The summed E-state index contributed by atoms with van der Waals surface area (Å²) >= 11 is 0. The molecule has 7 rings (SSSR count). The van der Waals surface area contributed by atoms with E-state index in [0.717, 1.165) is 5.39 Å². The quantitative estimate of drug-likeness (QED) is 0.114. The number of aromatic nitrogens is 6. The summed E-state index contributed by atoms with van der Waals surface area (Å²) in [7, 11) is 0. The predicted molar refractivity (Wildman–Crippen MR) is 214 cm³/mol. The number of nitrogen functional groups attached to an aromatic ring is 1. The third-order valence-electron chi connectivity index (χ3n) is 9.38. The van der Waals surface area contributed by atoms with Crippen LogP contribution in [0.2, 0.25) is 0 Å². The van der Waals surface area contributed by atoms with E-state index in [0.29, 0.717) is 50.3 Å². The normalized spacial score (nSPS) is 11.8. The number of fused-ring (bicyclic) bond motifs is 1. The largest absolute Gasteiger partial charge is 0.382 e. The molecular weight excluding hydrogens is 713 g/mol. The van der Waals surface area contributed by atoms with E-state index in [2.05, 4.69) is 40.5 Å². The third-order valence-corrected chi connectivity index (χ3v) is 9.38. The number of anilines is 3. The molecule has 282 valence electrons. The van der Waals surface area contributed by atoms with Gasteiger partial charge in [-0.2, -0.15) is 0 Å². The summed E-state index contributed by atoms with van der Waals surface area (Å²) in [6.45, 7) is 8.93. The Morgan fingerprint density at radius 1 is 0.679 bits per heavy atom. The van der Waals surface area contributed by atoms with Crippen LogP contribution in [0.25, 0.3) is 55.7 Å². The summed E-state index contributed by atoms with van der Waals surface area (Å²) in [5, 5.41) is 6.70. The minimum absolute atomic E-state index is 0.226. The van der Waals surface area contributed by atoms with Gasteiger partial charge in [0.05, 0.1) is 18.1 Å². The Hall–Kier alpha value is -6.89. The number of hydrogen-bond donors (Lipinski definition) is 4. The molecule has 13 heteroatoms. The fourth-order valence-corrected chi connectivity index (χ4v) is 6.20. The second-order valence-corrected chi connectivity index (χ2v) is 15.2. The van der Waals surface area contributed by atoms with E-state index in [-0.39, 0.29) is 41.3 Å². The van der Waals surface area contributed by atoms with Crippen molar-refractivity contribution in [1.29, 1.82) is 0 Å². The number of nitrogens with one attached hydrogen (secondary N) is 3. The first-order valence-electron chi connectivity index (χ1n) is 17.8. The molecule has 0 saturated carbocycles. The lowest BCUT2D eigenvalue weighted by molar-refractivity contribution is -0.124. The first-order valence-corrected chi connectivity index (χ1v) is 17.8. The molecule has 0 saturated heterocycles. The number of aromatic amines is 1. The maximum atomic E-state index is 15.9. The van der Waals surface area contributed by atoms with Crippen molar-refractivity contribution in [2.75, 3.05) is 16.4 Å². The van der Waals surface area contributed by atoms with E-state index in [1.54, 1.807) is 95.8 Å². The molecule has 5 heterocycles. The fraction of sp³-hybridized carbons (Fsp3) is 0.186. The van der Waals surface area contributed by atoms with Crippen LogP contribution in [0.3, 0.4) is 0 Å². The minimum Gasteiger partial charge on any atom is -0.382 e. The number of amides is 2. The molecule has 0 radical (unpaired) electrons. The second-order valence-electron chi connectivity index (χ2n) is 15.2. The molecule has 56 heavy (non-hydrogen) atoms. The van der Waals surface area contributed by atoms with Gasteiger partial charge in [0.15, 0.2) is 0 Å². The number of rotatable bonds is 9. The van der Waals surface area contributed by atoms with Gasteiger partial charge in [-0.3, -0.25) is 14.6 Å². The van der Waals surface area contributed by atoms with Crippen LogP contribution in [0.1, 0.15) is 40.2 Å². The van der Waals surface area contributed by atoms with Crippen LogP contribution in [0.4, 0.5) is 26.2 Å². The van der Waals surface area contributed by atoms with Crippen LogP contribution in [0, 0.1) is 22.5 Å². The highest BCUT2D eigenvalue weighted by Crippen LogP contribution is 2.36. The van der Waals surface area contributed by atoms with Crippen molar-refractivity contribution in [2.24, 2.45) is 10.8 Å². The maximum absolute atomic E-state index is 15.9. The number of pyridine rings is 3. The van der Waals surface area contributed by atoms with Gasteiger partial charge in [0.25, 0.3) is 0 Å². The van der Waals surface area contributed by atoms with Gasteiger partial charge in [-0.1, -0.05) is 52.8 Å². The number of benzene rings is 2. The standard InChI is InChI=1S/C43H39F2N9O2/c1-42(2,3)40(55)53-39-32(26-8-10-29(33(44)18-26)28-16-27-12-14-48-37(27)52-21-28)15-24(20-51-39)19-43(4,5)41(56)54-38-30(7-6-13-47-38)25-9-11-31(34(45)17-25)35-22-50-36(46)23-49-35/h6-18,20-23H,19H2,1-5H3,(H2,46,50)(H,48,52)(H,47,54,56)(H,51,53,55). The van der Waals surface area contributed by atoms with Crippen LogP contribution in [0.15, 0.2) is 104 Å². The van der Waals surface area contributed by atoms with Crippen molar-refractivity contribution in [1.82, 2.24) is 29.9 Å². The number of nitrogens with two attached hydrogens (primary N) is 1. The van der Waals surface area contributed by atoms with Gasteiger partial charge in [0.2, 0.25) is 11.8 Å². The number of nitrogens with zero attached hydrogens (tertiary/aromatic N) is 5. The van der Waals surface area contributed by atoms with E-state index >= 15 is 8.78 Å². The molecule has 2 amide bonds. The highest BCUT2D eigenvalue weighted by molar-refractivity contribution is 5.99. The number of carbonyl (C=O) groups is 2. The Balaban J connectivity index is 1.16. The lowest BCUT2D eigenvalue weighted by atomic mass is 9.84. The monoisotopic (exact) mass is 751 g/mol. The summed E-state index contributed by atoms with van der Waals surface area (Å²) in [4.78, 5) is 51.7. The van der Waals surface area contributed by atoms with Crippen molar-refractivity contribution in [3.63, 3.8) is 0 Å². The zero-order valence-electron chi connectivity index (χ0n) is 31.4. The first-order chi connectivity index (χ1) is 26.7. The van der Waals surface area contributed by atoms with E-state index in [1.807, 2.05) is 18.2 Å². The van der Waals surface area contributed by atoms with E-state index < -0.39 is 22.5 Å². The fourth-order valence-electron chi connectivity index (χ4n) is 6.20. The average Bonchev–Trinajstić information content (AvgIpc) is 3.64. The van der Waals surface area contributed by atoms with Gasteiger partial charge in [-0.05, 0) is 71.6 Å². The number of carbonyl (C=O) groups excluding carboxylic acids is 2. The average molecular weight is 752 g/mol. The molecular formula is C43H39F2N9O2. The predicted octanol–water partition coefficient (Wildman–Crippen LogP) is 8.86. The van der Waals surface area contributed by atoms with Crippen molar-refractivity contribution < 1.29 is 18.4 Å². The molecule has 11 nitrogen and oxygen atoms in total. The molecule has 7 aromatic rings. The van der Waals surface area contributed by atoms with Crippen molar-refractivity contribution in [3.05, 3.63) is 121 Å². The van der Waals surface area contributed by atoms with Gasteiger partial charge >= 0.3 is 0 Å². The topological polar surface area (TPSA) is 164 Å². The highest BCUT2D eigenvalue weighted by atomic mass is 19.1. The van der Waals surface area contributed by atoms with Crippen LogP contribution < -0.4 is 16.4 Å². The van der Waals surface area contributed by atoms with Gasteiger partial charge < -0.3 is 21.4 Å². The van der Waals surface area contributed by atoms with Crippen molar-refractivity contribution in [2.45, 2.75) is 41.0 Å². The van der Waals surface area contributed by atoms with Gasteiger partial charge in [-0.25, -0.2) is 28.7 Å². The van der Waals surface area contributed by atoms with E-state index in [1.165, 1.54) is 24.5 Å². The zero-order chi connectivity index (χ0) is 39.8. The molecule has 0 aliphatic heterocycles. The molecule has 0 aliphatic rings. The SMILES string of the molecule is CC(C)(C)C(=O)Nc1ncc(CC(C)(C)C(=O)Nc2ncccc2-c2ccc(-c3cnc(N)cn3)c(F)c2)cc1-c1ccc(-c2cnc3[nH]ccc3c2)c(F)c1. The molecule has 2 aromatic carbocycles.